The molecule has 0 aromatic carbocycles. The van der Waals surface area contributed by atoms with Gasteiger partial charge in [0.25, 0.3) is 0 Å². The predicted octanol–water partition coefficient (Wildman–Crippen LogP) is 1.96. The van der Waals surface area contributed by atoms with Gasteiger partial charge in [0.1, 0.15) is 10.5 Å². The Morgan fingerprint density at radius 3 is 2.75 bits per heavy atom. The fraction of sp³-hybridized carbons (Fsp3) is 0.667. The fourth-order valence-electron chi connectivity index (χ4n) is 2.52. The topological polar surface area (TPSA) is 95.4 Å². The summed E-state index contributed by atoms with van der Waals surface area (Å²) in [6.45, 7) is 4.20. The number of urea groups is 1. The van der Waals surface area contributed by atoms with Crippen molar-refractivity contribution in [1.29, 1.82) is 0 Å². The van der Waals surface area contributed by atoms with Crippen molar-refractivity contribution in [2.45, 2.75) is 45.1 Å². The Morgan fingerprint density at radius 2 is 2.20 bits per heavy atom. The highest BCUT2D eigenvalue weighted by atomic mass is 32.1. The highest BCUT2D eigenvalue weighted by Crippen LogP contribution is 2.33. The molecule has 1 aromatic heterocycles. The summed E-state index contributed by atoms with van der Waals surface area (Å²) in [5.74, 6) is -0.945. The Hall–Kier alpha value is -1.70. The van der Waals surface area contributed by atoms with E-state index < -0.39 is 17.5 Å². The van der Waals surface area contributed by atoms with E-state index in [2.05, 4.69) is 15.5 Å². The lowest BCUT2D eigenvalue weighted by Gasteiger charge is -2.33. The molecule has 0 aliphatic carbocycles. The molecule has 0 bridgehead atoms. The van der Waals surface area contributed by atoms with E-state index in [0.29, 0.717) is 30.9 Å². The van der Waals surface area contributed by atoms with Crippen LogP contribution in [0.15, 0.2) is 0 Å². The molecule has 1 aliphatic heterocycles. The van der Waals surface area contributed by atoms with Crippen LogP contribution in [0.4, 0.5) is 9.93 Å². The molecule has 2 heterocycles. The van der Waals surface area contributed by atoms with E-state index in [1.54, 1.807) is 6.92 Å². The number of anilines is 1. The third kappa shape index (κ3) is 2.47. The maximum atomic E-state index is 12.3. The van der Waals surface area contributed by atoms with E-state index in [9.17, 15) is 14.7 Å². The van der Waals surface area contributed by atoms with Crippen LogP contribution in [0, 0.1) is 0 Å². The monoisotopic (exact) mass is 298 g/mol. The molecule has 1 fully saturated rings. The number of aromatic nitrogens is 2. The second kappa shape index (κ2) is 5.74. The van der Waals surface area contributed by atoms with E-state index in [1.807, 2.05) is 6.92 Å². The van der Waals surface area contributed by atoms with E-state index in [4.69, 9.17) is 0 Å². The van der Waals surface area contributed by atoms with Gasteiger partial charge in [-0.1, -0.05) is 25.2 Å². The summed E-state index contributed by atoms with van der Waals surface area (Å²) >= 11 is 1.31. The van der Waals surface area contributed by atoms with Crippen molar-refractivity contribution in [2.24, 2.45) is 0 Å². The normalized spacial score (nSPS) is 22.0. The van der Waals surface area contributed by atoms with Crippen molar-refractivity contribution in [1.82, 2.24) is 15.1 Å². The highest BCUT2D eigenvalue weighted by molar-refractivity contribution is 7.15. The number of hydrogen-bond donors (Lipinski definition) is 2. The third-order valence-corrected chi connectivity index (χ3v) is 4.68. The maximum Gasteiger partial charge on any atom is 0.329 e. The van der Waals surface area contributed by atoms with Gasteiger partial charge in [-0.15, -0.1) is 10.2 Å². The number of amides is 2. The number of aliphatic carboxylic acids is 1. The molecule has 110 valence electrons. The Balaban J connectivity index is 2.13. The molecule has 7 nitrogen and oxygen atoms in total. The van der Waals surface area contributed by atoms with Crippen molar-refractivity contribution in [3.05, 3.63) is 5.01 Å². The minimum atomic E-state index is -1.09. The van der Waals surface area contributed by atoms with E-state index in [0.717, 1.165) is 11.4 Å². The van der Waals surface area contributed by atoms with Crippen molar-refractivity contribution in [3.63, 3.8) is 0 Å². The van der Waals surface area contributed by atoms with Gasteiger partial charge in [-0.25, -0.2) is 9.59 Å². The molecule has 1 atom stereocenters. The predicted molar refractivity (Wildman–Crippen MR) is 74.9 cm³/mol. The lowest BCUT2D eigenvalue weighted by molar-refractivity contribution is -0.148. The third-order valence-electron chi connectivity index (χ3n) is 3.70. The number of carboxylic acid groups (broad SMARTS) is 1. The van der Waals surface area contributed by atoms with Crippen LogP contribution in [0.3, 0.4) is 0 Å². The Bertz CT molecular complexity index is 519. The van der Waals surface area contributed by atoms with Gasteiger partial charge in [-0.2, -0.15) is 0 Å². The van der Waals surface area contributed by atoms with Crippen molar-refractivity contribution < 1.29 is 14.7 Å². The summed E-state index contributed by atoms with van der Waals surface area (Å²) in [5, 5.41) is 21.1. The zero-order valence-electron chi connectivity index (χ0n) is 11.5. The summed E-state index contributed by atoms with van der Waals surface area (Å²) in [6.07, 6.45) is 2.34. The first-order chi connectivity index (χ1) is 9.53. The van der Waals surface area contributed by atoms with E-state index in [-0.39, 0.29) is 0 Å². The van der Waals surface area contributed by atoms with Crippen LogP contribution in [0.2, 0.25) is 0 Å². The van der Waals surface area contributed by atoms with Crippen LogP contribution in [0.5, 0.6) is 0 Å². The quantitative estimate of drug-likeness (QED) is 0.886. The highest BCUT2D eigenvalue weighted by Gasteiger charge is 2.48. The van der Waals surface area contributed by atoms with Crippen LogP contribution in [-0.2, 0) is 11.2 Å². The number of aryl methyl sites for hydroxylation is 1. The average molecular weight is 298 g/mol. The zero-order valence-corrected chi connectivity index (χ0v) is 12.4. The number of carbonyl (C=O) groups excluding carboxylic acids is 1. The number of carbonyl (C=O) groups is 2. The lowest BCUT2D eigenvalue weighted by Crippen LogP contribution is -2.54. The average Bonchev–Trinajstić information content (AvgIpc) is 3.04. The second-order valence-corrected chi connectivity index (χ2v) is 5.79. The molecule has 2 rings (SSSR count). The number of rotatable bonds is 4. The Labute approximate surface area is 121 Å². The van der Waals surface area contributed by atoms with Crippen molar-refractivity contribution in [2.75, 3.05) is 11.9 Å². The van der Waals surface area contributed by atoms with Gasteiger partial charge in [0.15, 0.2) is 0 Å². The van der Waals surface area contributed by atoms with Crippen molar-refractivity contribution in [3.8, 4) is 0 Å². The van der Waals surface area contributed by atoms with Gasteiger partial charge in [0.2, 0.25) is 5.13 Å². The molecular weight excluding hydrogens is 280 g/mol. The number of nitrogens with zero attached hydrogens (tertiary/aromatic N) is 3. The molecular formula is C12H18N4O3S. The molecule has 0 radical (unpaired) electrons. The first-order valence-corrected chi connectivity index (χ1v) is 7.49. The maximum absolute atomic E-state index is 12.3. The molecule has 1 aromatic rings. The van der Waals surface area contributed by atoms with Gasteiger partial charge >= 0.3 is 12.0 Å². The van der Waals surface area contributed by atoms with Crippen LogP contribution < -0.4 is 5.32 Å². The fourth-order valence-corrected chi connectivity index (χ4v) is 3.19. The molecule has 1 aliphatic rings. The van der Waals surface area contributed by atoms with Gasteiger partial charge < -0.3 is 10.0 Å². The molecule has 0 spiro atoms. The minimum Gasteiger partial charge on any atom is -0.479 e. The number of carboxylic acids is 1. The first kappa shape index (κ1) is 14.7. The zero-order chi connectivity index (χ0) is 14.8. The number of likely N-dealkylation sites (tertiary alicyclic amines) is 1. The van der Waals surface area contributed by atoms with Crippen LogP contribution >= 0.6 is 11.3 Å². The molecule has 2 N–H and O–H groups in total. The van der Waals surface area contributed by atoms with E-state index >= 15 is 0 Å². The molecule has 8 heteroatoms. The van der Waals surface area contributed by atoms with Gasteiger partial charge in [-0.3, -0.25) is 5.32 Å². The second-order valence-electron chi connectivity index (χ2n) is 4.73. The Kier molecular flexibility index (Phi) is 4.22. The number of hydrogen-bond acceptors (Lipinski definition) is 5. The summed E-state index contributed by atoms with van der Waals surface area (Å²) in [7, 11) is 0. The van der Waals surface area contributed by atoms with Gasteiger partial charge in [0, 0.05) is 6.54 Å². The summed E-state index contributed by atoms with van der Waals surface area (Å²) in [6, 6.07) is -0.412. The number of nitrogens with one attached hydrogen (secondary N) is 1. The first-order valence-electron chi connectivity index (χ1n) is 6.68. The lowest BCUT2D eigenvalue weighted by atomic mass is 9.93. The Morgan fingerprint density at radius 1 is 1.45 bits per heavy atom. The SMILES string of the molecule is CCc1nnc(NC(=O)N2CCCC2(CC)C(=O)O)s1. The molecule has 0 saturated carbocycles. The molecule has 20 heavy (non-hydrogen) atoms. The van der Waals surface area contributed by atoms with Crippen LogP contribution in [-0.4, -0.2) is 44.3 Å². The smallest absolute Gasteiger partial charge is 0.329 e. The van der Waals surface area contributed by atoms with Crippen LogP contribution in [0.25, 0.3) is 0 Å². The van der Waals surface area contributed by atoms with Gasteiger partial charge in [0.05, 0.1) is 0 Å². The molecule has 1 unspecified atom stereocenters. The van der Waals surface area contributed by atoms with E-state index in [1.165, 1.54) is 16.2 Å². The molecule has 2 amide bonds. The summed E-state index contributed by atoms with van der Waals surface area (Å²) < 4.78 is 0. The summed E-state index contributed by atoms with van der Waals surface area (Å²) in [5.41, 5.74) is -1.09. The summed E-state index contributed by atoms with van der Waals surface area (Å²) in [4.78, 5) is 25.2. The van der Waals surface area contributed by atoms with Crippen molar-refractivity contribution >= 4 is 28.5 Å². The standard InChI is InChI=1S/C12H18N4O3S/c1-3-8-14-15-10(20-8)13-11(19)16-7-5-6-12(16,4-2)9(17)18/h3-7H2,1-2H3,(H,17,18)(H,13,15,19). The minimum absolute atomic E-state index is 0.395. The van der Waals surface area contributed by atoms with Gasteiger partial charge in [-0.05, 0) is 25.7 Å². The van der Waals surface area contributed by atoms with Crippen LogP contribution in [0.1, 0.15) is 38.1 Å². The molecule has 1 saturated heterocycles. The largest absolute Gasteiger partial charge is 0.479 e.